The topological polar surface area (TPSA) is 94.5 Å². The van der Waals surface area contributed by atoms with Gasteiger partial charge in [-0.25, -0.2) is 0 Å². The maximum Gasteiger partial charge on any atom is 0.255 e. The Balaban J connectivity index is 2.24. The third-order valence-electron chi connectivity index (χ3n) is 2.95. The van der Waals surface area contributed by atoms with Crippen LogP contribution in [-0.4, -0.2) is 36.6 Å². The van der Waals surface area contributed by atoms with Gasteiger partial charge in [-0.2, -0.15) is 4.37 Å². The molecule has 0 saturated carbocycles. The summed E-state index contributed by atoms with van der Waals surface area (Å²) in [5.74, 6) is -0.303. The first-order valence-corrected chi connectivity index (χ1v) is 6.23. The molecule has 4 N–H and O–H groups in total. The Bertz CT molecular complexity index is 420. The molecule has 1 aromatic rings. The molecular formula is C10H16N4O2S. The van der Waals surface area contributed by atoms with Gasteiger partial charge in [-0.15, -0.1) is 0 Å². The van der Waals surface area contributed by atoms with Crippen molar-refractivity contribution in [2.45, 2.75) is 18.9 Å². The predicted octanol–water partition coefficient (Wildman–Crippen LogP) is 0.439. The highest BCUT2D eigenvalue weighted by Gasteiger charge is 2.26. The standard InChI is InChI=1S/C10H16N4O2S/c1-16-6-3-2-4-14(5-6)10-7(9(12)15)8(11)13-17-10/h6H,2-5H2,1H3,(H2,11,13)(H2,12,15). The van der Waals surface area contributed by atoms with Crippen molar-refractivity contribution in [2.75, 3.05) is 30.8 Å². The molecule has 1 aliphatic heterocycles. The van der Waals surface area contributed by atoms with Crippen molar-refractivity contribution < 1.29 is 9.53 Å². The van der Waals surface area contributed by atoms with E-state index >= 15 is 0 Å². The van der Waals surface area contributed by atoms with Gasteiger partial charge in [0.05, 0.1) is 6.10 Å². The number of amides is 1. The van der Waals surface area contributed by atoms with Crippen LogP contribution >= 0.6 is 11.5 Å². The van der Waals surface area contributed by atoms with Gasteiger partial charge >= 0.3 is 0 Å². The summed E-state index contributed by atoms with van der Waals surface area (Å²) in [4.78, 5) is 13.4. The molecule has 17 heavy (non-hydrogen) atoms. The van der Waals surface area contributed by atoms with Crippen LogP contribution in [0.3, 0.4) is 0 Å². The summed E-state index contributed by atoms with van der Waals surface area (Å²) in [6.45, 7) is 1.63. The molecule has 0 aliphatic carbocycles. The highest BCUT2D eigenvalue weighted by atomic mass is 32.1. The molecule has 1 amide bonds. The van der Waals surface area contributed by atoms with Crippen LogP contribution in [0.4, 0.5) is 10.8 Å². The molecule has 2 heterocycles. The second-order valence-corrected chi connectivity index (χ2v) is 4.81. The first-order chi connectivity index (χ1) is 8.13. The molecule has 0 spiro atoms. The molecule has 7 heteroatoms. The lowest BCUT2D eigenvalue weighted by atomic mass is 10.1. The Morgan fingerprint density at radius 1 is 1.65 bits per heavy atom. The van der Waals surface area contributed by atoms with Crippen molar-refractivity contribution >= 4 is 28.3 Å². The van der Waals surface area contributed by atoms with Crippen LogP contribution < -0.4 is 16.4 Å². The van der Waals surface area contributed by atoms with E-state index in [2.05, 4.69) is 9.27 Å². The molecule has 1 unspecified atom stereocenters. The van der Waals surface area contributed by atoms with Crippen LogP contribution in [-0.2, 0) is 4.74 Å². The van der Waals surface area contributed by atoms with E-state index in [1.165, 1.54) is 11.5 Å². The zero-order valence-electron chi connectivity index (χ0n) is 9.68. The number of rotatable bonds is 3. The van der Waals surface area contributed by atoms with E-state index in [0.29, 0.717) is 5.56 Å². The van der Waals surface area contributed by atoms with E-state index in [0.717, 1.165) is 30.9 Å². The number of hydrogen-bond acceptors (Lipinski definition) is 6. The number of nitrogen functional groups attached to an aromatic ring is 1. The minimum atomic E-state index is -0.522. The predicted molar refractivity (Wildman–Crippen MR) is 67.3 cm³/mol. The minimum absolute atomic E-state index is 0.188. The van der Waals surface area contributed by atoms with Crippen LogP contribution in [0.2, 0.25) is 0 Å². The zero-order valence-corrected chi connectivity index (χ0v) is 10.5. The minimum Gasteiger partial charge on any atom is -0.382 e. The summed E-state index contributed by atoms with van der Waals surface area (Å²) in [6, 6.07) is 0. The fourth-order valence-corrected chi connectivity index (χ4v) is 2.91. The highest BCUT2D eigenvalue weighted by molar-refractivity contribution is 7.11. The molecule has 0 radical (unpaired) electrons. The van der Waals surface area contributed by atoms with Crippen LogP contribution in [0.25, 0.3) is 0 Å². The number of piperidine rings is 1. The van der Waals surface area contributed by atoms with E-state index < -0.39 is 5.91 Å². The lowest BCUT2D eigenvalue weighted by Gasteiger charge is -2.32. The van der Waals surface area contributed by atoms with Gasteiger partial charge in [0.25, 0.3) is 5.91 Å². The second-order valence-electron chi connectivity index (χ2n) is 4.06. The molecule has 1 aliphatic rings. The van der Waals surface area contributed by atoms with Gasteiger partial charge in [-0.1, -0.05) is 0 Å². The van der Waals surface area contributed by atoms with Gasteiger partial charge in [0.15, 0.2) is 5.82 Å². The van der Waals surface area contributed by atoms with Gasteiger partial charge in [0, 0.05) is 20.2 Å². The smallest absolute Gasteiger partial charge is 0.255 e. The normalized spacial score (nSPS) is 20.5. The van der Waals surface area contributed by atoms with Crippen molar-refractivity contribution in [3.05, 3.63) is 5.56 Å². The van der Waals surface area contributed by atoms with Gasteiger partial charge in [-0.3, -0.25) is 4.79 Å². The van der Waals surface area contributed by atoms with E-state index in [4.69, 9.17) is 16.2 Å². The highest BCUT2D eigenvalue weighted by Crippen LogP contribution is 2.32. The number of aromatic nitrogens is 1. The Labute approximate surface area is 104 Å². The monoisotopic (exact) mass is 256 g/mol. The van der Waals surface area contributed by atoms with Gasteiger partial charge in [0.2, 0.25) is 0 Å². The summed E-state index contributed by atoms with van der Waals surface area (Å²) in [5.41, 5.74) is 11.3. The maximum absolute atomic E-state index is 11.3. The Morgan fingerprint density at radius 2 is 2.41 bits per heavy atom. The molecular weight excluding hydrogens is 240 g/mol. The average Bonchev–Trinajstić information content (AvgIpc) is 2.71. The zero-order chi connectivity index (χ0) is 12.4. The number of nitrogens with two attached hydrogens (primary N) is 2. The number of ether oxygens (including phenoxy) is 1. The summed E-state index contributed by atoms with van der Waals surface area (Å²) in [7, 11) is 1.70. The van der Waals surface area contributed by atoms with Crippen molar-refractivity contribution in [2.24, 2.45) is 5.73 Å². The number of hydrogen-bond donors (Lipinski definition) is 2. The first kappa shape index (κ1) is 12.1. The largest absolute Gasteiger partial charge is 0.382 e. The van der Waals surface area contributed by atoms with Crippen LogP contribution in [0.1, 0.15) is 23.2 Å². The van der Waals surface area contributed by atoms with E-state index in [1.807, 2.05) is 0 Å². The van der Waals surface area contributed by atoms with Crippen LogP contribution in [0.15, 0.2) is 0 Å². The van der Waals surface area contributed by atoms with Crippen molar-refractivity contribution in [1.29, 1.82) is 0 Å². The Kier molecular flexibility index (Phi) is 3.49. The summed E-state index contributed by atoms with van der Waals surface area (Å²) in [5, 5.41) is 0.761. The fourth-order valence-electron chi connectivity index (χ4n) is 2.06. The Hall–Kier alpha value is -1.34. The van der Waals surface area contributed by atoms with E-state index in [9.17, 15) is 4.79 Å². The number of nitrogens with zero attached hydrogens (tertiary/aromatic N) is 2. The molecule has 0 aromatic carbocycles. The van der Waals surface area contributed by atoms with E-state index in [-0.39, 0.29) is 11.9 Å². The average molecular weight is 256 g/mol. The SMILES string of the molecule is COC1CCCN(c2snc(N)c2C(N)=O)C1. The molecule has 1 fully saturated rings. The van der Waals surface area contributed by atoms with Gasteiger partial charge in [-0.05, 0) is 24.4 Å². The first-order valence-electron chi connectivity index (χ1n) is 5.46. The lowest BCUT2D eigenvalue weighted by molar-refractivity contribution is 0.0892. The quantitative estimate of drug-likeness (QED) is 0.818. The van der Waals surface area contributed by atoms with E-state index in [1.54, 1.807) is 7.11 Å². The van der Waals surface area contributed by atoms with Crippen molar-refractivity contribution in [3.8, 4) is 0 Å². The van der Waals surface area contributed by atoms with Crippen LogP contribution in [0, 0.1) is 0 Å². The molecule has 1 aromatic heterocycles. The number of carbonyl (C=O) groups excluding carboxylic acids is 1. The fraction of sp³-hybridized carbons (Fsp3) is 0.600. The second kappa shape index (κ2) is 4.89. The molecule has 1 atom stereocenters. The van der Waals surface area contributed by atoms with Crippen LogP contribution in [0.5, 0.6) is 0 Å². The number of anilines is 2. The van der Waals surface area contributed by atoms with Gasteiger partial charge in [0.1, 0.15) is 10.6 Å². The summed E-state index contributed by atoms with van der Waals surface area (Å²) < 4.78 is 9.35. The molecule has 1 saturated heterocycles. The summed E-state index contributed by atoms with van der Waals surface area (Å²) in [6.07, 6.45) is 2.25. The maximum atomic E-state index is 11.3. The molecule has 94 valence electrons. The number of primary amides is 1. The third-order valence-corrected chi connectivity index (χ3v) is 3.87. The van der Waals surface area contributed by atoms with Crippen molar-refractivity contribution in [1.82, 2.24) is 4.37 Å². The molecule has 2 rings (SSSR count). The third kappa shape index (κ3) is 2.34. The molecule has 6 nitrogen and oxygen atoms in total. The number of carbonyl (C=O) groups is 1. The van der Waals surface area contributed by atoms with Crippen molar-refractivity contribution in [3.63, 3.8) is 0 Å². The Morgan fingerprint density at radius 3 is 3.06 bits per heavy atom. The lowest BCUT2D eigenvalue weighted by Crippen LogP contribution is -2.39. The van der Waals surface area contributed by atoms with Gasteiger partial charge < -0.3 is 21.1 Å². The molecule has 0 bridgehead atoms. The number of methoxy groups -OCH3 is 1. The summed E-state index contributed by atoms with van der Waals surface area (Å²) >= 11 is 1.22.